The standard InChI is InChI=1S/C24H29BrN2O4S/c1-5-29-22-11-18(24(32)27-12-16(3)31-17(4)13-27)6-9-21(22)30-14-23(28)26-20-8-7-19(25)10-15(20)2/h6-11,16-17H,5,12-14H2,1-4H3,(H,26,28)/t16-,17+. The number of rotatable bonds is 7. The second-order valence-corrected chi connectivity index (χ2v) is 9.16. The molecule has 1 amide bonds. The molecule has 0 spiro atoms. The predicted molar refractivity (Wildman–Crippen MR) is 134 cm³/mol. The van der Waals surface area contributed by atoms with Crippen LogP contribution in [0.3, 0.4) is 0 Å². The first-order valence-electron chi connectivity index (χ1n) is 10.7. The number of morpholine rings is 1. The molecule has 1 aliphatic rings. The third-order valence-electron chi connectivity index (χ3n) is 5.02. The smallest absolute Gasteiger partial charge is 0.262 e. The van der Waals surface area contributed by atoms with E-state index in [0.717, 1.165) is 39.4 Å². The van der Waals surface area contributed by atoms with Gasteiger partial charge in [-0.25, -0.2) is 0 Å². The van der Waals surface area contributed by atoms with Crippen LogP contribution >= 0.6 is 28.1 Å². The van der Waals surface area contributed by atoms with Gasteiger partial charge in [0, 0.05) is 28.8 Å². The Balaban J connectivity index is 1.67. The van der Waals surface area contributed by atoms with E-state index in [-0.39, 0.29) is 24.7 Å². The fourth-order valence-electron chi connectivity index (χ4n) is 3.65. The van der Waals surface area contributed by atoms with Crippen LogP contribution in [-0.2, 0) is 9.53 Å². The van der Waals surface area contributed by atoms with Crippen LogP contribution in [0.4, 0.5) is 5.69 Å². The zero-order valence-electron chi connectivity index (χ0n) is 18.8. The minimum atomic E-state index is -0.242. The van der Waals surface area contributed by atoms with E-state index < -0.39 is 0 Å². The number of hydrogen-bond donors (Lipinski definition) is 1. The van der Waals surface area contributed by atoms with Gasteiger partial charge in [0.15, 0.2) is 18.1 Å². The van der Waals surface area contributed by atoms with Crippen molar-refractivity contribution in [2.75, 3.05) is 31.6 Å². The highest BCUT2D eigenvalue weighted by Gasteiger charge is 2.25. The van der Waals surface area contributed by atoms with Gasteiger partial charge < -0.3 is 24.4 Å². The van der Waals surface area contributed by atoms with Crippen LogP contribution in [0.5, 0.6) is 11.5 Å². The summed E-state index contributed by atoms with van der Waals surface area (Å²) in [5.74, 6) is 0.827. The fraction of sp³-hybridized carbons (Fsp3) is 0.417. The van der Waals surface area contributed by atoms with Crippen molar-refractivity contribution in [3.63, 3.8) is 0 Å². The first-order valence-corrected chi connectivity index (χ1v) is 11.9. The van der Waals surface area contributed by atoms with Gasteiger partial charge in [0.2, 0.25) is 0 Å². The number of aryl methyl sites for hydroxylation is 1. The number of halogens is 1. The minimum absolute atomic E-state index is 0.124. The lowest BCUT2D eigenvalue weighted by atomic mass is 10.1. The molecular weight excluding hydrogens is 492 g/mol. The number of ether oxygens (including phenoxy) is 3. The molecular formula is C24H29BrN2O4S. The number of hydrogen-bond acceptors (Lipinski definition) is 5. The average Bonchev–Trinajstić information content (AvgIpc) is 2.74. The largest absolute Gasteiger partial charge is 0.490 e. The molecule has 1 fully saturated rings. The van der Waals surface area contributed by atoms with E-state index in [1.54, 1.807) is 6.07 Å². The van der Waals surface area contributed by atoms with Crippen molar-refractivity contribution in [2.24, 2.45) is 0 Å². The molecule has 2 atom stereocenters. The lowest BCUT2D eigenvalue weighted by molar-refractivity contribution is -0.118. The number of benzene rings is 2. The van der Waals surface area contributed by atoms with Crippen LogP contribution in [0.15, 0.2) is 40.9 Å². The maximum Gasteiger partial charge on any atom is 0.262 e. The predicted octanol–water partition coefficient (Wildman–Crippen LogP) is 4.96. The number of thiocarbonyl (C=S) groups is 1. The van der Waals surface area contributed by atoms with Gasteiger partial charge in [0.25, 0.3) is 5.91 Å². The van der Waals surface area contributed by atoms with Gasteiger partial charge in [0.1, 0.15) is 4.99 Å². The highest BCUT2D eigenvalue weighted by molar-refractivity contribution is 9.10. The van der Waals surface area contributed by atoms with Crippen LogP contribution < -0.4 is 14.8 Å². The maximum absolute atomic E-state index is 12.4. The summed E-state index contributed by atoms with van der Waals surface area (Å²) < 4.78 is 18.3. The topological polar surface area (TPSA) is 60.0 Å². The summed E-state index contributed by atoms with van der Waals surface area (Å²) in [5, 5.41) is 2.88. The molecule has 6 nitrogen and oxygen atoms in total. The Labute approximate surface area is 203 Å². The molecule has 1 saturated heterocycles. The molecule has 8 heteroatoms. The Morgan fingerprint density at radius 2 is 1.88 bits per heavy atom. The molecule has 2 aromatic carbocycles. The second-order valence-electron chi connectivity index (χ2n) is 7.86. The monoisotopic (exact) mass is 520 g/mol. The van der Waals surface area contributed by atoms with Crippen molar-refractivity contribution in [3.8, 4) is 11.5 Å². The summed E-state index contributed by atoms with van der Waals surface area (Å²) in [4.78, 5) is 15.3. The summed E-state index contributed by atoms with van der Waals surface area (Å²) in [6.45, 7) is 9.79. The summed E-state index contributed by atoms with van der Waals surface area (Å²) in [7, 11) is 0. The first-order chi connectivity index (χ1) is 15.3. The number of carbonyl (C=O) groups is 1. The quantitative estimate of drug-likeness (QED) is 0.520. The van der Waals surface area contributed by atoms with Crippen molar-refractivity contribution in [3.05, 3.63) is 52.0 Å². The van der Waals surface area contributed by atoms with Crippen LogP contribution in [0, 0.1) is 6.92 Å². The van der Waals surface area contributed by atoms with Crippen molar-refractivity contribution >= 4 is 44.7 Å². The van der Waals surface area contributed by atoms with E-state index >= 15 is 0 Å². The summed E-state index contributed by atoms with van der Waals surface area (Å²) in [6, 6.07) is 11.3. The Morgan fingerprint density at radius 1 is 1.16 bits per heavy atom. The Hall–Kier alpha value is -2.16. The first kappa shape index (κ1) is 24.5. The molecule has 0 bridgehead atoms. The highest BCUT2D eigenvalue weighted by Crippen LogP contribution is 2.30. The third kappa shape index (κ3) is 6.43. The molecule has 1 aliphatic heterocycles. The van der Waals surface area contributed by atoms with Crippen LogP contribution in [0.2, 0.25) is 0 Å². The van der Waals surface area contributed by atoms with E-state index in [0.29, 0.717) is 18.1 Å². The number of carbonyl (C=O) groups excluding carboxylic acids is 1. The molecule has 2 aromatic rings. The molecule has 0 aromatic heterocycles. The SMILES string of the molecule is CCOc1cc(C(=S)N2C[C@@H](C)O[C@@H](C)C2)ccc1OCC(=O)Nc1ccc(Br)cc1C. The normalized spacial score (nSPS) is 18.2. The van der Waals surface area contributed by atoms with E-state index in [1.807, 2.05) is 44.2 Å². The average molecular weight is 521 g/mol. The molecule has 172 valence electrons. The lowest BCUT2D eigenvalue weighted by Gasteiger charge is -2.37. The number of anilines is 1. The molecule has 0 aliphatic carbocycles. The maximum atomic E-state index is 12.4. The van der Waals surface area contributed by atoms with Gasteiger partial charge in [-0.1, -0.05) is 28.1 Å². The van der Waals surface area contributed by atoms with Crippen molar-refractivity contribution in [2.45, 2.75) is 39.9 Å². The molecule has 0 radical (unpaired) electrons. The highest BCUT2D eigenvalue weighted by atomic mass is 79.9. The van der Waals surface area contributed by atoms with Gasteiger partial charge in [-0.2, -0.15) is 0 Å². The molecule has 3 rings (SSSR count). The van der Waals surface area contributed by atoms with Crippen molar-refractivity contribution < 1.29 is 19.0 Å². The van der Waals surface area contributed by atoms with E-state index in [2.05, 4.69) is 40.0 Å². The van der Waals surface area contributed by atoms with Crippen LogP contribution in [0.25, 0.3) is 0 Å². The molecule has 32 heavy (non-hydrogen) atoms. The zero-order chi connectivity index (χ0) is 23.3. The van der Waals surface area contributed by atoms with Crippen LogP contribution in [-0.4, -0.2) is 54.3 Å². The van der Waals surface area contributed by atoms with Crippen LogP contribution in [0.1, 0.15) is 31.9 Å². The van der Waals surface area contributed by atoms with Crippen molar-refractivity contribution in [1.82, 2.24) is 4.90 Å². The fourth-order valence-corrected chi connectivity index (χ4v) is 4.40. The lowest BCUT2D eigenvalue weighted by Crippen LogP contribution is -2.47. The Morgan fingerprint density at radius 3 is 2.53 bits per heavy atom. The molecule has 1 N–H and O–H groups in total. The van der Waals surface area contributed by atoms with Crippen molar-refractivity contribution in [1.29, 1.82) is 0 Å². The Bertz CT molecular complexity index is 974. The third-order valence-corrected chi connectivity index (χ3v) is 6.01. The zero-order valence-corrected chi connectivity index (χ0v) is 21.2. The summed E-state index contributed by atoms with van der Waals surface area (Å²) in [6.07, 6.45) is 0.247. The van der Waals surface area contributed by atoms with E-state index in [1.165, 1.54) is 0 Å². The molecule has 0 unspecified atom stereocenters. The summed E-state index contributed by atoms with van der Waals surface area (Å²) in [5.41, 5.74) is 2.60. The van der Waals surface area contributed by atoms with E-state index in [4.69, 9.17) is 26.4 Å². The minimum Gasteiger partial charge on any atom is -0.490 e. The van der Waals surface area contributed by atoms with E-state index in [9.17, 15) is 4.79 Å². The van der Waals surface area contributed by atoms with Gasteiger partial charge in [-0.05, 0) is 69.7 Å². The number of nitrogens with one attached hydrogen (secondary N) is 1. The Kier molecular flexibility index (Phi) is 8.51. The number of amides is 1. The second kappa shape index (κ2) is 11.1. The molecule has 0 saturated carbocycles. The number of nitrogens with zero attached hydrogens (tertiary/aromatic N) is 1. The van der Waals surface area contributed by atoms with Gasteiger partial charge in [0.05, 0.1) is 18.8 Å². The van der Waals surface area contributed by atoms with Gasteiger partial charge in [-0.3, -0.25) is 4.79 Å². The summed E-state index contributed by atoms with van der Waals surface area (Å²) >= 11 is 9.16. The van der Waals surface area contributed by atoms with Gasteiger partial charge >= 0.3 is 0 Å². The van der Waals surface area contributed by atoms with Gasteiger partial charge in [-0.15, -0.1) is 0 Å². The molecule has 1 heterocycles.